The Morgan fingerprint density at radius 2 is 1.79 bits per heavy atom. The molecule has 136 valence electrons. The fourth-order valence-corrected chi connectivity index (χ4v) is 8.19. The second-order valence-corrected chi connectivity index (χ2v) is 10.1. The Hall–Kier alpha value is -0.610. The molecule has 4 fully saturated rings. The van der Waals surface area contributed by atoms with Crippen molar-refractivity contribution in [1.82, 2.24) is 0 Å². The molecule has 4 nitrogen and oxygen atoms in total. The first kappa shape index (κ1) is 16.8. The maximum atomic E-state index is 11.7. The molecule has 0 radical (unpaired) electrons. The lowest BCUT2D eigenvalue weighted by Gasteiger charge is -2.64. The van der Waals surface area contributed by atoms with Crippen LogP contribution in [-0.4, -0.2) is 34.0 Å². The number of hydrogen-bond donors (Lipinski definition) is 3. The highest BCUT2D eigenvalue weighted by atomic mass is 16.4. The molecule has 4 heteroatoms. The van der Waals surface area contributed by atoms with E-state index in [1.54, 1.807) is 0 Å². The predicted molar refractivity (Wildman–Crippen MR) is 90.3 cm³/mol. The summed E-state index contributed by atoms with van der Waals surface area (Å²) in [5, 5.41) is 30.3. The maximum absolute atomic E-state index is 11.7. The minimum atomic E-state index is -0.603. The fraction of sp³-hybridized carbons (Fsp3) is 0.950. The number of aliphatic carboxylic acids is 1. The molecular formula is C20H32O4. The average molecular weight is 336 g/mol. The van der Waals surface area contributed by atoms with Crippen LogP contribution in [0.15, 0.2) is 0 Å². The van der Waals surface area contributed by atoms with Crippen LogP contribution in [0.4, 0.5) is 0 Å². The topological polar surface area (TPSA) is 77.8 Å². The third kappa shape index (κ3) is 2.08. The van der Waals surface area contributed by atoms with Gasteiger partial charge in [0.1, 0.15) is 0 Å². The number of aliphatic hydroxyl groups is 2. The smallest absolute Gasteiger partial charge is 0.306 e. The molecular weight excluding hydrogens is 304 g/mol. The Kier molecular flexibility index (Phi) is 3.65. The van der Waals surface area contributed by atoms with Crippen molar-refractivity contribution >= 4 is 5.97 Å². The molecule has 0 aromatic rings. The largest absolute Gasteiger partial charge is 0.481 e. The first-order valence-electron chi connectivity index (χ1n) is 9.76. The van der Waals surface area contributed by atoms with E-state index in [1.165, 1.54) is 0 Å². The molecule has 4 aliphatic carbocycles. The van der Waals surface area contributed by atoms with Crippen LogP contribution in [0.1, 0.15) is 65.2 Å². The number of fused-ring (bicyclic) bond motifs is 3. The van der Waals surface area contributed by atoms with E-state index in [2.05, 4.69) is 13.8 Å². The minimum absolute atomic E-state index is 0.0335. The summed E-state index contributed by atoms with van der Waals surface area (Å²) in [6, 6.07) is 0. The maximum Gasteiger partial charge on any atom is 0.306 e. The van der Waals surface area contributed by atoms with Crippen molar-refractivity contribution in [2.45, 2.75) is 71.3 Å². The van der Waals surface area contributed by atoms with Crippen LogP contribution in [0.2, 0.25) is 0 Å². The number of aliphatic hydroxyl groups excluding tert-OH is 2. The van der Waals surface area contributed by atoms with Gasteiger partial charge in [0, 0.05) is 6.61 Å². The van der Waals surface area contributed by atoms with Gasteiger partial charge in [0.2, 0.25) is 0 Å². The molecule has 0 saturated heterocycles. The van der Waals surface area contributed by atoms with Gasteiger partial charge in [-0.3, -0.25) is 4.79 Å². The molecule has 0 unspecified atom stereocenters. The summed E-state index contributed by atoms with van der Waals surface area (Å²) in [7, 11) is 0. The zero-order valence-electron chi connectivity index (χ0n) is 15.0. The molecule has 1 spiro atoms. The molecule has 0 aromatic carbocycles. The summed E-state index contributed by atoms with van der Waals surface area (Å²) < 4.78 is 0. The summed E-state index contributed by atoms with van der Waals surface area (Å²) >= 11 is 0. The number of carbonyl (C=O) groups is 1. The van der Waals surface area contributed by atoms with E-state index < -0.39 is 5.97 Å². The van der Waals surface area contributed by atoms with Gasteiger partial charge in [-0.25, -0.2) is 0 Å². The van der Waals surface area contributed by atoms with Crippen LogP contribution in [0.25, 0.3) is 0 Å². The Morgan fingerprint density at radius 1 is 1.04 bits per heavy atom. The van der Waals surface area contributed by atoms with E-state index >= 15 is 0 Å². The Bertz CT molecular complexity index is 548. The lowest BCUT2D eigenvalue weighted by atomic mass is 9.40. The number of carboxylic acids is 1. The second kappa shape index (κ2) is 5.20. The van der Waals surface area contributed by atoms with E-state index in [0.29, 0.717) is 24.2 Å². The standard InChI is InChI=1S/C20H32O4/c1-18(11-21)8-13(22)9-19(2)15(18)5-6-20-7-12(3-4-16(19)20)14(10-20)17(23)24/h12-16,21-22H,3-11H2,1-2H3,(H,23,24)/t12-,13-,14+,15-,16+,18+,19-,20+/m1/s1. The zero-order valence-corrected chi connectivity index (χ0v) is 15.0. The van der Waals surface area contributed by atoms with Crippen molar-refractivity contribution in [3.63, 3.8) is 0 Å². The Morgan fingerprint density at radius 3 is 2.46 bits per heavy atom. The lowest BCUT2D eigenvalue weighted by molar-refractivity contribution is -0.185. The average Bonchev–Trinajstić information content (AvgIpc) is 2.77. The van der Waals surface area contributed by atoms with Gasteiger partial charge in [-0.2, -0.15) is 0 Å². The van der Waals surface area contributed by atoms with Gasteiger partial charge in [-0.05, 0) is 85.4 Å². The first-order valence-corrected chi connectivity index (χ1v) is 9.76. The van der Waals surface area contributed by atoms with Crippen molar-refractivity contribution in [1.29, 1.82) is 0 Å². The van der Waals surface area contributed by atoms with Crippen molar-refractivity contribution in [2.75, 3.05) is 6.61 Å². The van der Waals surface area contributed by atoms with Crippen LogP contribution >= 0.6 is 0 Å². The molecule has 8 atom stereocenters. The van der Waals surface area contributed by atoms with Gasteiger partial charge < -0.3 is 15.3 Å². The van der Waals surface area contributed by atoms with Crippen molar-refractivity contribution in [2.24, 2.45) is 39.9 Å². The highest BCUT2D eigenvalue weighted by molar-refractivity contribution is 5.71. The van der Waals surface area contributed by atoms with Crippen molar-refractivity contribution in [3.8, 4) is 0 Å². The van der Waals surface area contributed by atoms with Crippen LogP contribution < -0.4 is 0 Å². The van der Waals surface area contributed by atoms with Crippen LogP contribution in [0, 0.1) is 39.9 Å². The molecule has 0 amide bonds. The Labute approximate surface area is 144 Å². The molecule has 0 aliphatic heterocycles. The molecule has 0 aromatic heterocycles. The lowest BCUT2D eigenvalue weighted by Crippen LogP contribution is -2.59. The molecule has 2 bridgehead atoms. The highest BCUT2D eigenvalue weighted by Gasteiger charge is 2.66. The van der Waals surface area contributed by atoms with Crippen LogP contribution in [0.3, 0.4) is 0 Å². The van der Waals surface area contributed by atoms with Gasteiger partial charge >= 0.3 is 5.97 Å². The zero-order chi connectivity index (χ0) is 17.3. The molecule has 4 rings (SSSR count). The van der Waals surface area contributed by atoms with Crippen LogP contribution in [-0.2, 0) is 4.79 Å². The molecule has 3 N–H and O–H groups in total. The van der Waals surface area contributed by atoms with Crippen LogP contribution in [0.5, 0.6) is 0 Å². The monoisotopic (exact) mass is 336 g/mol. The molecule has 24 heavy (non-hydrogen) atoms. The predicted octanol–water partition coefficient (Wildman–Crippen LogP) is 3.06. The van der Waals surface area contributed by atoms with E-state index in [0.717, 1.165) is 44.9 Å². The highest BCUT2D eigenvalue weighted by Crippen LogP contribution is 2.72. The summed E-state index contributed by atoms with van der Waals surface area (Å²) in [5.41, 5.74) is 0.00604. The Balaban J connectivity index is 1.71. The summed E-state index contributed by atoms with van der Waals surface area (Å²) in [5.74, 6) is 0.540. The first-order chi connectivity index (χ1) is 11.2. The molecule has 4 aliphatic rings. The van der Waals surface area contributed by atoms with Gasteiger partial charge in [-0.15, -0.1) is 0 Å². The van der Waals surface area contributed by atoms with E-state index in [-0.39, 0.29) is 34.9 Å². The minimum Gasteiger partial charge on any atom is -0.481 e. The van der Waals surface area contributed by atoms with Gasteiger partial charge in [0.05, 0.1) is 12.0 Å². The van der Waals surface area contributed by atoms with E-state index in [4.69, 9.17) is 0 Å². The van der Waals surface area contributed by atoms with Gasteiger partial charge in [0.15, 0.2) is 0 Å². The number of rotatable bonds is 2. The van der Waals surface area contributed by atoms with E-state index in [1.807, 2.05) is 0 Å². The summed E-state index contributed by atoms with van der Waals surface area (Å²) in [6.45, 7) is 4.63. The van der Waals surface area contributed by atoms with Gasteiger partial charge in [-0.1, -0.05) is 13.8 Å². The third-order valence-electron chi connectivity index (χ3n) is 8.85. The molecule has 0 heterocycles. The number of carboxylic acid groups (broad SMARTS) is 1. The van der Waals surface area contributed by atoms with Gasteiger partial charge in [0.25, 0.3) is 0 Å². The fourth-order valence-electron chi connectivity index (χ4n) is 8.19. The summed E-state index contributed by atoms with van der Waals surface area (Å²) in [4.78, 5) is 11.7. The van der Waals surface area contributed by atoms with Crippen molar-refractivity contribution in [3.05, 3.63) is 0 Å². The number of hydrogen-bond acceptors (Lipinski definition) is 3. The molecule has 4 saturated carbocycles. The summed E-state index contributed by atoms with van der Waals surface area (Å²) in [6.07, 6.45) is 7.42. The van der Waals surface area contributed by atoms with E-state index in [9.17, 15) is 20.1 Å². The SMILES string of the molecule is C[C@@]1(CO)C[C@@H](O)C[C@]2(C)[C@@H]1CC[C@@]13C[C@@H](CC[C@H]12)[C@@H](C(=O)O)C3. The second-order valence-electron chi connectivity index (χ2n) is 10.1. The van der Waals surface area contributed by atoms with Crippen molar-refractivity contribution < 1.29 is 20.1 Å². The quantitative estimate of drug-likeness (QED) is 0.724. The third-order valence-corrected chi connectivity index (χ3v) is 8.85. The normalized spacial score (nSPS) is 56.4.